The van der Waals surface area contributed by atoms with E-state index in [1.165, 1.54) is 0 Å². The largest absolute Gasteiger partial charge is 0.373 e. The summed E-state index contributed by atoms with van der Waals surface area (Å²) < 4.78 is 5.78. The van der Waals surface area contributed by atoms with Gasteiger partial charge < -0.3 is 10.1 Å². The van der Waals surface area contributed by atoms with Gasteiger partial charge in [-0.1, -0.05) is 30.3 Å². The molecule has 4 heteroatoms. The quantitative estimate of drug-likeness (QED) is 0.849. The molecule has 1 aliphatic heterocycles. The van der Waals surface area contributed by atoms with E-state index in [1.807, 2.05) is 36.4 Å². The average Bonchev–Trinajstić information content (AvgIpc) is 2.51. The van der Waals surface area contributed by atoms with Crippen molar-refractivity contribution in [1.82, 2.24) is 10.2 Å². The fourth-order valence-corrected chi connectivity index (χ4v) is 2.88. The van der Waals surface area contributed by atoms with E-state index < -0.39 is 0 Å². The third-order valence-corrected chi connectivity index (χ3v) is 4.20. The Morgan fingerprint density at radius 3 is 2.48 bits per heavy atom. The lowest BCUT2D eigenvalue weighted by atomic mass is 10.00. The van der Waals surface area contributed by atoms with Crippen molar-refractivity contribution < 1.29 is 9.53 Å². The summed E-state index contributed by atoms with van der Waals surface area (Å²) in [6, 6.07) is 9.83. The van der Waals surface area contributed by atoms with Crippen LogP contribution in [-0.4, -0.2) is 48.2 Å². The van der Waals surface area contributed by atoms with Crippen molar-refractivity contribution in [2.75, 3.05) is 19.6 Å². The Morgan fingerprint density at radius 2 is 1.87 bits per heavy atom. The summed E-state index contributed by atoms with van der Waals surface area (Å²) >= 11 is 0. The lowest BCUT2D eigenvalue weighted by Crippen LogP contribution is -2.58. The molecule has 1 aliphatic rings. The number of amides is 1. The molecule has 1 aromatic rings. The van der Waals surface area contributed by atoms with Gasteiger partial charge in [-0.3, -0.25) is 9.69 Å². The first-order valence-corrected chi connectivity index (χ1v) is 8.28. The van der Waals surface area contributed by atoms with Crippen LogP contribution in [0.1, 0.15) is 33.3 Å². The predicted octanol–water partition coefficient (Wildman–Crippen LogP) is 2.70. The van der Waals surface area contributed by atoms with E-state index in [4.69, 9.17) is 4.74 Å². The smallest absolute Gasteiger partial charge is 0.244 e. The van der Waals surface area contributed by atoms with Gasteiger partial charge in [-0.2, -0.15) is 0 Å². The highest BCUT2D eigenvalue weighted by molar-refractivity contribution is 5.91. The van der Waals surface area contributed by atoms with Gasteiger partial charge in [0.2, 0.25) is 5.91 Å². The Labute approximate surface area is 139 Å². The van der Waals surface area contributed by atoms with Crippen LogP contribution in [-0.2, 0) is 9.53 Å². The van der Waals surface area contributed by atoms with E-state index in [0.717, 1.165) is 18.7 Å². The fraction of sp³-hybridized carbons (Fsp3) is 0.526. The summed E-state index contributed by atoms with van der Waals surface area (Å²) in [5, 5.41) is 3.01. The minimum atomic E-state index is -0.0947. The van der Waals surface area contributed by atoms with Crippen molar-refractivity contribution in [3.63, 3.8) is 0 Å². The molecular formula is C19H28N2O2. The lowest BCUT2D eigenvalue weighted by Gasteiger charge is -2.45. The van der Waals surface area contributed by atoms with Crippen LogP contribution in [0.25, 0.3) is 6.08 Å². The Morgan fingerprint density at radius 1 is 1.26 bits per heavy atom. The molecule has 0 saturated carbocycles. The number of hydrogen-bond donors (Lipinski definition) is 1. The van der Waals surface area contributed by atoms with Crippen LogP contribution in [0, 0.1) is 0 Å². The van der Waals surface area contributed by atoms with Crippen molar-refractivity contribution in [1.29, 1.82) is 0 Å². The molecule has 1 amide bonds. The number of rotatable bonds is 5. The molecule has 1 N–H and O–H groups in total. The number of morpholine rings is 1. The molecule has 1 fully saturated rings. The lowest BCUT2D eigenvalue weighted by molar-refractivity contribution is -0.118. The van der Waals surface area contributed by atoms with E-state index in [1.54, 1.807) is 6.08 Å². The summed E-state index contributed by atoms with van der Waals surface area (Å²) in [6.07, 6.45) is 3.88. The molecular weight excluding hydrogens is 288 g/mol. The van der Waals surface area contributed by atoms with Crippen LogP contribution in [0.5, 0.6) is 0 Å². The second kappa shape index (κ2) is 7.75. The molecule has 0 radical (unpaired) electrons. The maximum atomic E-state index is 12.0. The summed E-state index contributed by atoms with van der Waals surface area (Å²) in [6.45, 7) is 10.9. The Balaban J connectivity index is 1.86. The van der Waals surface area contributed by atoms with Crippen molar-refractivity contribution in [3.05, 3.63) is 42.0 Å². The van der Waals surface area contributed by atoms with Crippen molar-refractivity contribution in [2.24, 2.45) is 0 Å². The molecule has 2 rings (SSSR count). The Hall–Kier alpha value is -1.65. The average molecular weight is 316 g/mol. The molecule has 0 bridgehead atoms. The van der Waals surface area contributed by atoms with Crippen LogP contribution in [0.15, 0.2) is 36.4 Å². The van der Waals surface area contributed by atoms with E-state index in [0.29, 0.717) is 6.54 Å². The minimum Gasteiger partial charge on any atom is -0.373 e. The molecule has 0 spiro atoms. The summed E-state index contributed by atoms with van der Waals surface area (Å²) in [5.74, 6) is -0.0590. The van der Waals surface area contributed by atoms with Gasteiger partial charge in [0.05, 0.1) is 12.2 Å². The minimum absolute atomic E-state index is 0.0590. The summed E-state index contributed by atoms with van der Waals surface area (Å²) in [7, 11) is 0. The topological polar surface area (TPSA) is 41.6 Å². The highest BCUT2D eigenvalue weighted by Gasteiger charge is 2.33. The number of hydrogen-bond acceptors (Lipinski definition) is 3. The Kier molecular flexibility index (Phi) is 5.97. The monoisotopic (exact) mass is 316 g/mol. The van der Waals surface area contributed by atoms with Gasteiger partial charge in [-0.15, -0.1) is 0 Å². The summed E-state index contributed by atoms with van der Waals surface area (Å²) in [5.41, 5.74) is 0.931. The molecule has 2 atom stereocenters. The maximum Gasteiger partial charge on any atom is 0.244 e. The predicted molar refractivity (Wildman–Crippen MR) is 94.1 cm³/mol. The molecule has 0 aromatic heterocycles. The number of carbonyl (C=O) groups is 1. The van der Waals surface area contributed by atoms with Gasteiger partial charge in [0, 0.05) is 31.2 Å². The van der Waals surface area contributed by atoms with Gasteiger partial charge in [0.1, 0.15) is 0 Å². The standard InChI is InChI=1S/C19H28N2O2/c1-15-12-21(13-16(2)23-15)19(3,4)14-20-18(22)11-10-17-8-6-5-7-9-17/h5-11,15-16H,12-14H2,1-4H3,(H,20,22). The molecule has 2 unspecified atom stereocenters. The molecule has 126 valence electrons. The van der Waals surface area contributed by atoms with Crippen LogP contribution in [0.3, 0.4) is 0 Å². The first-order chi connectivity index (χ1) is 10.9. The second-order valence-electron chi connectivity index (χ2n) is 6.94. The van der Waals surface area contributed by atoms with Crippen molar-refractivity contribution >= 4 is 12.0 Å². The number of carbonyl (C=O) groups excluding carboxylic acids is 1. The molecule has 1 aromatic carbocycles. The Bertz CT molecular complexity index is 530. The zero-order valence-electron chi connectivity index (χ0n) is 14.6. The maximum absolute atomic E-state index is 12.0. The molecule has 23 heavy (non-hydrogen) atoms. The molecule has 1 heterocycles. The number of benzene rings is 1. The van der Waals surface area contributed by atoms with Crippen molar-refractivity contribution in [3.8, 4) is 0 Å². The van der Waals surface area contributed by atoms with E-state index >= 15 is 0 Å². The van der Waals surface area contributed by atoms with Crippen LogP contribution in [0.2, 0.25) is 0 Å². The molecule has 1 saturated heterocycles. The van der Waals surface area contributed by atoms with E-state index in [2.05, 4.69) is 37.9 Å². The zero-order chi connectivity index (χ0) is 16.9. The van der Waals surface area contributed by atoms with Gasteiger partial charge in [0.15, 0.2) is 0 Å². The molecule has 4 nitrogen and oxygen atoms in total. The van der Waals surface area contributed by atoms with Gasteiger partial charge >= 0.3 is 0 Å². The molecule has 0 aliphatic carbocycles. The summed E-state index contributed by atoms with van der Waals surface area (Å²) in [4.78, 5) is 14.4. The zero-order valence-corrected chi connectivity index (χ0v) is 14.6. The highest BCUT2D eigenvalue weighted by Crippen LogP contribution is 2.20. The van der Waals surface area contributed by atoms with Crippen LogP contribution >= 0.6 is 0 Å². The first kappa shape index (κ1) is 17.7. The second-order valence-corrected chi connectivity index (χ2v) is 6.94. The van der Waals surface area contributed by atoms with Gasteiger partial charge in [0.25, 0.3) is 0 Å². The van der Waals surface area contributed by atoms with E-state index in [9.17, 15) is 4.79 Å². The fourth-order valence-electron chi connectivity index (χ4n) is 2.88. The van der Waals surface area contributed by atoms with Crippen LogP contribution in [0.4, 0.5) is 0 Å². The number of nitrogens with one attached hydrogen (secondary N) is 1. The van der Waals surface area contributed by atoms with Crippen LogP contribution < -0.4 is 5.32 Å². The number of nitrogens with zero attached hydrogens (tertiary/aromatic N) is 1. The van der Waals surface area contributed by atoms with Gasteiger partial charge in [-0.05, 0) is 39.3 Å². The third-order valence-electron chi connectivity index (χ3n) is 4.20. The first-order valence-electron chi connectivity index (χ1n) is 8.28. The van der Waals surface area contributed by atoms with Gasteiger partial charge in [-0.25, -0.2) is 0 Å². The third kappa shape index (κ3) is 5.48. The number of ether oxygens (including phenoxy) is 1. The normalized spacial score (nSPS) is 23.1. The SMILES string of the molecule is CC1CN(C(C)(C)CNC(=O)C=Cc2ccccc2)CC(C)O1. The highest BCUT2D eigenvalue weighted by atomic mass is 16.5. The van der Waals surface area contributed by atoms with E-state index in [-0.39, 0.29) is 23.7 Å². The van der Waals surface area contributed by atoms with Crippen molar-refractivity contribution in [2.45, 2.75) is 45.4 Å².